The Balaban J connectivity index is 1.66. The first kappa shape index (κ1) is 21.2. The van der Waals surface area contributed by atoms with Gasteiger partial charge in [0.2, 0.25) is 0 Å². The van der Waals surface area contributed by atoms with E-state index in [2.05, 4.69) is 5.32 Å². The van der Waals surface area contributed by atoms with Crippen LogP contribution in [-0.2, 0) is 13.1 Å². The molecule has 1 saturated heterocycles. The van der Waals surface area contributed by atoms with Gasteiger partial charge in [-0.25, -0.2) is 9.78 Å². The highest BCUT2D eigenvalue weighted by atomic mass is 35.5. The van der Waals surface area contributed by atoms with Crippen molar-refractivity contribution < 1.29 is 4.79 Å². The SMILES string of the molecule is O=C1NCCC(c2nc3cc(Cl)ccc3c(=O)n2Cc2ccccc2)N1Cc1ccccc1. The van der Waals surface area contributed by atoms with Crippen molar-refractivity contribution in [1.29, 1.82) is 0 Å². The molecule has 166 valence electrons. The number of amides is 2. The molecule has 1 unspecified atom stereocenters. The van der Waals surface area contributed by atoms with Gasteiger partial charge in [-0.15, -0.1) is 0 Å². The van der Waals surface area contributed by atoms with Crippen molar-refractivity contribution in [2.45, 2.75) is 25.6 Å². The van der Waals surface area contributed by atoms with Crippen LogP contribution in [0, 0.1) is 0 Å². The predicted molar refractivity (Wildman–Crippen MR) is 129 cm³/mol. The molecule has 1 aliphatic rings. The van der Waals surface area contributed by atoms with Crippen molar-refractivity contribution in [3.05, 3.63) is 111 Å². The molecule has 3 aromatic carbocycles. The Labute approximate surface area is 196 Å². The summed E-state index contributed by atoms with van der Waals surface area (Å²) < 4.78 is 1.70. The lowest BCUT2D eigenvalue weighted by molar-refractivity contribution is 0.144. The highest BCUT2D eigenvalue weighted by molar-refractivity contribution is 6.31. The van der Waals surface area contributed by atoms with Crippen molar-refractivity contribution in [2.75, 3.05) is 6.54 Å². The van der Waals surface area contributed by atoms with Crippen LogP contribution in [-0.4, -0.2) is 27.0 Å². The van der Waals surface area contributed by atoms with Crippen molar-refractivity contribution in [3.63, 3.8) is 0 Å². The summed E-state index contributed by atoms with van der Waals surface area (Å²) in [5.74, 6) is 0.574. The number of carbonyl (C=O) groups is 1. The van der Waals surface area contributed by atoms with E-state index >= 15 is 0 Å². The highest BCUT2D eigenvalue weighted by Gasteiger charge is 2.33. The van der Waals surface area contributed by atoms with Gasteiger partial charge in [-0.2, -0.15) is 0 Å². The van der Waals surface area contributed by atoms with E-state index < -0.39 is 0 Å². The van der Waals surface area contributed by atoms with Gasteiger partial charge in [0.1, 0.15) is 5.82 Å². The van der Waals surface area contributed by atoms with Gasteiger partial charge in [0.05, 0.1) is 23.5 Å². The van der Waals surface area contributed by atoms with Gasteiger partial charge in [0, 0.05) is 18.1 Å². The van der Waals surface area contributed by atoms with E-state index in [4.69, 9.17) is 16.6 Å². The zero-order chi connectivity index (χ0) is 22.8. The lowest BCUT2D eigenvalue weighted by Crippen LogP contribution is -2.49. The van der Waals surface area contributed by atoms with Crippen molar-refractivity contribution in [1.82, 2.24) is 19.8 Å². The van der Waals surface area contributed by atoms with E-state index in [1.54, 1.807) is 27.7 Å². The normalized spacial score (nSPS) is 16.1. The number of hydrogen-bond acceptors (Lipinski definition) is 3. The number of nitrogens with zero attached hydrogens (tertiary/aromatic N) is 3. The number of halogens is 1. The minimum atomic E-state index is -0.348. The molecule has 1 atom stereocenters. The molecule has 0 saturated carbocycles. The molecule has 6 nitrogen and oxygen atoms in total. The zero-order valence-corrected chi connectivity index (χ0v) is 18.7. The summed E-state index contributed by atoms with van der Waals surface area (Å²) in [6.45, 7) is 1.31. The topological polar surface area (TPSA) is 67.2 Å². The minimum absolute atomic E-state index is 0.138. The lowest BCUT2D eigenvalue weighted by atomic mass is 10.1. The van der Waals surface area contributed by atoms with Crippen LogP contribution in [0.3, 0.4) is 0 Å². The summed E-state index contributed by atoms with van der Waals surface area (Å²) in [4.78, 5) is 33.2. The maximum Gasteiger partial charge on any atom is 0.318 e. The van der Waals surface area contributed by atoms with Crippen LogP contribution >= 0.6 is 11.6 Å². The number of benzene rings is 3. The quantitative estimate of drug-likeness (QED) is 0.469. The van der Waals surface area contributed by atoms with Gasteiger partial charge in [-0.05, 0) is 35.7 Å². The molecule has 0 aliphatic carbocycles. The van der Waals surface area contributed by atoms with Crippen LogP contribution in [0.5, 0.6) is 0 Å². The van der Waals surface area contributed by atoms with Crippen molar-refractivity contribution in [2.24, 2.45) is 0 Å². The number of aromatic nitrogens is 2. The Kier molecular flexibility index (Phi) is 5.84. The number of fused-ring (bicyclic) bond motifs is 1. The Morgan fingerprint density at radius 3 is 2.27 bits per heavy atom. The monoisotopic (exact) mass is 458 g/mol. The average Bonchev–Trinajstić information content (AvgIpc) is 2.83. The molecule has 33 heavy (non-hydrogen) atoms. The van der Waals surface area contributed by atoms with Crippen LogP contribution < -0.4 is 10.9 Å². The van der Waals surface area contributed by atoms with Crippen LogP contribution in [0.25, 0.3) is 10.9 Å². The first-order valence-electron chi connectivity index (χ1n) is 10.9. The summed E-state index contributed by atoms with van der Waals surface area (Å²) in [6, 6.07) is 24.3. The Morgan fingerprint density at radius 2 is 1.58 bits per heavy atom. The van der Waals surface area contributed by atoms with E-state index in [1.165, 1.54) is 0 Å². The van der Waals surface area contributed by atoms with Crippen molar-refractivity contribution >= 4 is 28.5 Å². The fourth-order valence-electron chi connectivity index (χ4n) is 4.33. The molecule has 0 radical (unpaired) electrons. The number of nitrogens with one attached hydrogen (secondary N) is 1. The standard InChI is InChI=1S/C26H23ClN4O2/c27-20-11-12-21-22(15-20)29-24(31(25(21)32)17-19-9-5-2-6-10-19)23-13-14-28-26(33)30(23)16-18-7-3-1-4-8-18/h1-12,15,23H,13-14,16-17H2,(H,28,33). The summed E-state index contributed by atoms with van der Waals surface area (Å²) in [5.41, 5.74) is 2.41. The molecule has 2 heterocycles. The maximum absolute atomic E-state index is 13.6. The molecule has 1 fully saturated rings. The van der Waals surface area contributed by atoms with Crippen LogP contribution in [0.15, 0.2) is 83.7 Å². The van der Waals surface area contributed by atoms with Crippen LogP contribution in [0.2, 0.25) is 5.02 Å². The third kappa shape index (κ3) is 4.34. The second-order valence-corrected chi connectivity index (χ2v) is 8.59. The summed E-state index contributed by atoms with van der Waals surface area (Å²) in [7, 11) is 0. The summed E-state index contributed by atoms with van der Waals surface area (Å²) >= 11 is 6.21. The van der Waals surface area contributed by atoms with Crippen molar-refractivity contribution in [3.8, 4) is 0 Å². The van der Waals surface area contributed by atoms with Gasteiger partial charge < -0.3 is 10.2 Å². The third-order valence-corrected chi connectivity index (χ3v) is 6.19. The van der Waals surface area contributed by atoms with E-state index in [0.29, 0.717) is 47.8 Å². The van der Waals surface area contributed by atoms with Gasteiger partial charge in [0.15, 0.2) is 0 Å². The molecule has 7 heteroatoms. The molecule has 1 aliphatic heterocycles. The van der Waals surface area contributed by atoms with E-state index in [0.717, 1.165) is 11.1 Å². The number of rotatable bonds is 5. The molecular weight excluding hydrogens is 436 g/mol. The van der Waals surface area contributed by atoms with Gasteiger partial charge in [-0.1, -0.05) is 72.3 Å². The smallest absolute Gasteiger partial charge is 0.318 e. The van der Waals surface area contributed by atoms with Crippen LogP contribution in [0.4, 0.5) is 4.79 Å². The van der Waals surface area contributed by atoms with Gasteiger partial charge >= 0.3 is 6.03 Å². The minimum Gasteiger partial charge on any atom is -0.338 e. The fourth-order valence-corrected chi connectivity index (χ4v) is 4.50. The molecule has 0 spiro atoms. The maximum atomic E-state index is 13.6. The molecule has 2 amide bonds. The number of carbonyl (C=O) groups excluding carboxylic acids is 1. The number of urea groups is 1. The lowest BCUT2D eigenvalue weighted by Gasteiger charge is -2.36. The van der Waals surface area contributed by atoms with Crippen LogP contribution in [0.1, 0.15) is 29.4 Å². The summed E-state index contributed by atoms with van der Waals surface area (Å²) in [5, 5.41) is 3.96. The van der Waals surface area contributed by atoms with E-state index in [9.17, 15) is 9.59 Å². The Bertz CT molecular complexity index is 1360. The van der Waals surface area contributed by atoms with E-state index in [1.807, 2.05) is 60.7 Å². The Morgan fingerprint density at radius 1 is 0.909 bits per heavy atom. The second-order valence-electron chi connectivity index (χ2n) is 8.16. The largest absolute Gasteiger partial charge is 0.338 e. The molecular formula is C26H23ClN4O2. The predicted octanol–water partition coefficient (Wildman–Crippen LogP) is 4.75. The molecule has 4 aromatic rings. The molecule has 5 rings (SSSR count). The summed E-state index contributed by atoms with van der Waals surface area (Å²) in [6.07, 6.45) is 0.645. The first-order valence-corrected chi connectivity index (χ1v) is 11.3. The average molecular weight is 459 g/mol. The highest BCUT2D eigenvalue weighted by Crippen LogP contribution is 2.29. The fraction of sp³-hybridized carbons (Fsp3) is 0.192. The Hall–Kier alpha value is -3.64. The number of hydrogen-bond donors (Lipinski definition) is 1. The molecule has 1 N–H and O–H groups in total. The second kappa shape index (κ2) is 9.08. The molecule has 0 bridgehead atoms. The zero-order valence-electron chi connectivity index (χ0n) is 17.9. The van der Waals surface area contributed by atoms with E-state index in [-0.39, 0.29) is 17.6 Å². The van der Waals surface area contributed by atoms with Gasteiger partial charge in [-0.3, -0.25) is 9.36 Å². The molecule has 1 aromatic heterocycles. The van der Waals surface area contributed by atoms with Gasteiger partial charge in [0.25, 0.3) is 5.56 Å². The first-order chi connectivity index (χ1) is 16.1. The third-order valence-electron chi connectivity index (χ3n) is 5.96.